The molecule has 154 valence electrons. The summed E-state index contributed by atoms with van der Waals surface area (Å²) >= 11 is 0. The van der Waals surface area contributed by atoms with Gasteiger partial charge in [0.05, 0.1) is 0 Å². The van der Waals surface area contributed by atoms with Crippen LogP contribution in [0.4, 0.5) is 0 Å². The highest BCUT2D eigenvalue weighted by Crippen LogP contribution is 2.14. The standard InChI is InChI=1S/C14H26O4.C5H13N3/c1-2-3-4-5-6-7-8-9-10-11-12(13(15)16)14(17)18;1-6-5(7-2)8(3)4/h12H,2-11H2,1H3,(H,15,16)(H,17,18);1-4H3,(H,6,7). The molecular formula is C19H39N3O4. The summed E-state index contributed by atoms with van der Waals surface area (Å²) in [5, 5.41) is 20.3. The predicted molar refractivity (Wildman–Crippen MR) is 107 cm³/mol. The number of carboxylic acid groups (broad SMARTS) is 2. The fourth-order valence-corrected chi connectivity index (χ4v) is 2.55. The maximum Gasteiger partial charge on any atom is 0.317 e. The van der Waals surface area contributed by atoms with Crippen molar-refractivity contribution in [1.29, 1.82) is 0 Å². The van der Waals surface area contributed by atoms with E-state index in [2.05, 4.69) is 17.2 Å². The molecule has 0 aromatic rings. The molecule has 0 radical (unpaired) electrons. The van der Waals surface area contributed by atoms with Crippen LogP contribution in [0.25, 0.3) is 0 Å². The molecule has 7 nitrogen and oxygen atoms in total. The van der Waals surface area contributed by atoms with Crippen LogP contribution in [0.15, 0.2) is 4.99 Å². The Morgan fingerprint density at radius 3 is 1.62 bits per heavy atom. The van der Waals surface area contributed by atoms with E-state index in [1.807, 2.05) is 26.0 Å². The minimum Gasteiger partial charge on any atom is -0.481 e. The van der Waals surface area contributed by atoms with Gasteiger partial charge in [-0.15, -0.1) is 0 Å². The van der Waals surface area contributed by atoms with Crippen LogP contribution >= 0.6 is 0 Å². The van der Waals surface area contributed by atoms with Gasteiger partial charge in [0.2, 0.25) is 0 Å². The summed E-state index contributed by atoms with van der Waals surface area (Å²) in [6.45, 7) is 2.20. The molecule has 0 unspecified atom stereocenters. The summed E-state index contributed by atoms with van der Waals surface area (Å²) in [5.41, 5.74) is 0. The molecule has 0 atom stereocenters. The molecule has 0 aromatic carbocycles. The molecule has 0 heterocycles. The van der Waals surface area contributed by atoms with Crippen molar-refractivity contribution in [2.45, 2.75) is 71.1 Å². The van der Waals surface area contributed by atoms with Crippen LogP contribution in [-0.2, 0) is 9.59 Å². The number of unbranched alkanes of at least 4 members (excludes halogenated alkanes) is 8. The van der Waals surface area contributed by atoms with Crippen LogP contribution in [0.2, 0.25) is 0 Å². The Morgan fingerprint density at radius 2 is 1.35 bits per heavy atom. The third-order valence-electron chi connectivity index (χ3n) is 4.05. The Bertz CT molecular complexity index is 384. The molecule has 26 heavy (non-hydrogen) atoms. The molecule has 7 heteroatoms. The quantitative estimate of drug-likeness (QED) is 0.210. The lowest BCUT2D eigenvalue weighted by Crippen LogP contribution is -2.33. The number of rotatable bonds is 12. The van der Waals surface area contributed by atoms with E-state index in [-0.39, 0.29) is 6.42 Å². The van der Waals surface area contributed by atoms with E-state index >= 15 is 0 Å². The van der Waals surface area contributed by atoms with Gasteiger partial charge in [0.15, 0.2) is 11.9 Å². The molecule has 0 amide bonds. The van der Waals surface area contributed by atoms with Gasteiger partial charge in [-0.3, -0.25) is 14.6 Å². The zero-order valence-electron chi connectivity index (χ0n) is 17.3. The number of carbonyl (C=O) groups is 2. The van der Waals surface area contributed by atoms with Gasteiger partial charge in [-0.2, -0.15) is 0 Å². The number of nitrogens with zero attached hydrogens (tertiary/aromatic N) is 2. The first-order chi connectivity index (χ1) is 12.3. The van der Waals surface area contributed by atoms with Gasteiger partial charge in [0.1, 0.15) is 0 Å². The third-order valence-corrected chi connectivity index (χ3v) is 4.05. The zero-order valence-corrected chi connectivity index (χ0v) is 17.3. The number of aliphatic carboxylic acids is 2. The number of hydrogen-bond donors (Lipinski definition) is 3. The van der Waals surface area contributed by atoms with Gasteiger partial charge in [0.25, 0.3) is 0 Å². The van der Waals surface area contributed by atoms with E-state index in [1.54, 1.807) is 7.05 Å². The topological polar surface area (TPSA) is 102 Å². The Hall–Kier alpha value is -1.79. The average Bonchev–Trinajstić information content (AvgIpc) is 2.57. The molecule has 0 spiro atoms. The van der Waals surface area contributed by atoms with Gasteiger partial charge < -0.3 is 20.4 Å². The Kier molecular flexibility index (Phi) is 18.3. The summed E-state index contributed by atoms with van der Waals surface area (Å²) in [6, 6.07) is 0. The van der Waals surface area contributed by atoms with E-state index in [4.69, 9.17) is 10.2 Å². The fraction of sp³-hybridized carbons (Fsp3) is 0.842. The van der Waals surface area contributed by atoms with Gasteiger partial charge in [-0.05, 0) is 6.42 Å². The largest absolute Gasteiger partial charge is 0.481 e. The van der Waals surface area contributed by atoms with Crippen molar-refractivity contribution < 1.29 is 19.8 Å². The first-order valence-electron chi connectivity index (χ1n) is 9.59. The minimum absolute atomic E-state index is 0.250. The van der Waals surface area contributed by atoms with Crippen molar-refractivity contribution in [2.24, 2.45) is 10.9 Å². The Labute approximate surface area is 158 Å². The van der Waals surface area contributed by atoms with Crippen LogP contribution in [-0.4, -0.2) is 61.2 Å². The van der Waals surface area contributed by atoms with Gasteiger partial charge >= 0.3 is 11.9 Å². The fourth-order valence-electron chi connectivity index (χ4n) is 2.55. The number of carboxylic acids is 2. The highest BCUT2D eigenvalue weighted by Gasteiger charge is 2.24. The Balaban J connectivity index is 0. The smallest absolute Gasteiger partial charge is 0.317 e. The normalized spacial score (nSPS) is 10.9. The summed E-state index contributed by atoms with van der Waals surface area (Å²) in [5.74, 6) is -2.77. The zero-order chi connectivity index (χ0) is 20.4. The van der Waals surface area contributed by atoms with E-state index in [1.165, 1.54) is 38.5 Å². The van der Waals surface area contributed by atoms with E-state index in [0.29, 0.717) is 6.42 Å². The van der Waals surface area contributed by atoms with Gasteiger partial charge in [-0.1, -0.05) is 64.7 Å². The van der Waals surface area contributed by atoms with Gasteiger partial charge in [0, 0.05) is 28.2 Å². The molecule has 0 aromatic heterocycles. The van der Waals surface area contributed by atoms with Crippen molar-refractivity contribution >= 4 is 17.9 Å². The average molecular weight is 374 g/mol. The summed E-state index contributed by atoms with van der Waals surface area (Å²) in [4.78, 5) is 27.1. The lowest BCUT2D eigenvalue weighted by atomic mass is 10.00. The van der Waals surface area contributed by atoms with E-state index < -0.39 is 17.9 Å². The van der Waals surface area contributed by atoms with Gasteiger partial charge in [-0.25, -0.2) is 0 Å². The maximum atomic E-state index is 10.6. The second-order valence-corrected chi connectivity index (χ2v) is 6.54. The highest BCUT2D eigenvalue weighted by atomic mass is 16.4. The van der Waals surface area contributed by atoms with E-state index in [9.17, 15) is 9.59 Å². The first kappa shape index (κ1) is 26.4. The van der Waals surface area contributed by atoms with Crippen LogP contribution in [0.3, 0.4) is 0 Å². The van der Waals surface area contributed by atoms with Crippen molar-refractivity contribution in [1.82, 2.24) is 10.2 Å². The minimum atomic E-state index is -1.23. The van der Waals surface area contributed by atoms with Crippen molar-refractivity contribution in [3.8, 4) is 0 Å². The second-order valence-electron chi connectivity index (χ2n) is 6.54. The molecule has 0 saturated carbocycles. The van der Waals surface area contributed by atoms with Crippen LogP contribution in [0.5, 0.6) is 0 Å². The SMILES string of the molecule is CCCCCCCCCCCC(C(=O)O)C(=O)O.CN=C(NC)N(C)C. The molecule has 0 saturated heterocycles. The van der Waals surface area contributed by atoms with E-state index in [0.717, 1.165) is 18.8 Å². The molecule has 0 fully saturated rings. The van der Waals surface area contributed by atoms with Crippen molar-refractivity contribution in [3.05, 3.63) is 0 Å². The lowest BCUT2D eigenvalue weighted by Gasteiger charge is -2.12. The highest BCUT2D eigenvalue weighted by molar-refractivity contribution is 5.92. The molecule has 3 N–H and O–H groups in total. The number of guanidine groups is 1. The summed E-state index contributed by atoms with van der Waals surface area (Å²) in [7, 11) is 7.49. The van der Waals surface area contributed by atoms with Crippen molar-refractivity contribution in [3.63, 3.8) is 0 Å². The van der Waals surface area contributed by atoms with Crippen molar-refractivity contribution in [2.75, 3.05) is 28.2 Å². The van der Waals surface area contributed by atoms with Crippen LogP contribution in [0, 0.1) is 5.92 Å². The molecule has 0 rings (SSSR count). The molecular weight excluding hydrogens is 334 g/mol. The number of aliphatic imine (C=N–C) groups is 1. The molecule has 0 aliphatic rings. The third kappa shape index (κ3) is 15.7. The summed E-state index contributed by atoms with van der Waals surface area (Å²) < 4.78 is 0. The number of nitrogens with one attached hydrogen (secondary N) is 1. The maximum absolute atomic E-state index is 10.6. The monoisotopic (exact) mass is 373 g/mol. The van der Waals surface area contributed by atoms with Crippen LogP contribution < -0.4 is 5.32 Å². The molecule has 0 aliphatic carbocycles. The second kappa shape index (κ2) is 18.0. The number of hydrogen-bond acceptors (Lipinski definition) is 3. The first-order valence-corrected chi connectivity index (χ1v) is 9.59. The molecule has 0 aliphatic heterocycles. The Morgan fingerprint density at radius 1 is 0.923 bits per heavy atom. The molecule has 0 bridgehead atoms. The summed E-state index contributed by atoms with van der Waals surface area (Å²) in [6.07, 6.45) is 10.5. The lowest BCUT2D eigenvalue weighted by molar-refractivity contribution is -0.154. The van der Waals surface area contributed by atoms with Crippen LogP contribution in [0.1, 0.15) is 71.1 Å². The predicted octanol–water partition coefficient (Wildman–Crippen LogP) is 3.45.